The van der Waals surface area contributed by atoms with E-state index in [0.29, 0.717) is 16.5 Å². The Balaban J connectivity index is 1.90. The highest BCUT2D eigenvalue weighted by Gasteiger charge is 2.23. The highest BCUT2D eigenvalue weighted by atomic mass is 32.1. The van der Waals surface area contributed by atoms with Crippen LogP contribution >= 0.6 is 24.2 Å². The maximum atomic E-state index is 11.7. The largest absolute Gasteiger partial charge is 0.322 e. The second kappa shape index (κ2) is 7.31. The molecule has 1 amide bonds. The van der Waals surface area contributed by atoms with Crippen molar-refractivity contribution in [2.75, 3.05) is 5.32 Å². The fourth-order valence-electron chi connectivity index (χ4n) is 2.85. The van der Waals surface area contributed by atoms with Gasteiger partial charge in [-0.05, 0) is 29.7 Å². The minimum Gasteiger partial charge on any atom is -0.322 e. The monoisotopic (exact) mass is 424 g/mol. The molecule has 0 aliphatic rings. The van der Waals surface area contributed by atoms with E-state index in [9.17, 15) is 10.1 Å². The summed E-state index contributed by atoms with van der Waals surface area (Å²) in [5.74, 6) is 0.785. The van der Waals surface area contributed by atoms with E-state index in [4.69, 9.17) is 0 Å². The number of thiol groups is 1. The Kier molecular flexibility index (Phi) is 4.81. The molecule has 0 unspecified atom stereocenters. The summed E-state index contributed by atoms with van der Waals surface area (Å²) >= 11 is 5.57. The zero-order valence-corrected chi connectivity index (χ0v) is 17.5. The van der Waals surface area contributed by atoms with Gasteiger partial charge in [0.15, 0.2) is 10.6 Å². The van der Waals surface area contributed by atoms with Gasteiger partial charge >= 0.3 is 0 Å². The number of fused-ring (bicyclic) bond motifs is 2. The van der Waals surface area contributed by atoms with Crippen molar-refractivity contribution in [3.8, 4) is 6.07 Å². The van der Waals surface area contributed by atoms with Gasteiger partial charge < -0.3 is 5.32 Å². The van der Waals surface area contributed by atoms with Crippen LogP contribution in [0.25, 0.3) is 16.6 Å². The average molecular weight is 425 g/mol. The highest BCUT2D eigenvalue weighted by Crippen LogP contribution is 2.38. The third kappa shape index (κ3) is 3.37. The lowest BCUT2D eigenvalue weighted by Crippen LogP contribution is -2.06. The molecule has 1 aromatic carbocycles. The lowest BCUT2D eigenvalue weighted by molar-refractivity contribution is -0.114. The van der Waals surface area contributed by atoms with Crippen molar-refractivity contribution >= 4 is 63.1 Å². The molecule has 4 rings (SSSR count). The molecule has 3 aromatic heterocycles. The van der Waals surface area contributed by atoms with Crippen LogP contribution in [0.3, 0.4) is 0 Å². The molecule has 3 heterocycles. The van der Waals surface area contributed by atoms with Crippen LogP contribution in [0.2, 0.25) is 0 Å². The maximum absolute atomic E-state index is 11.7. The van der Waals surface area contributed by atoms with E-state index in [1.807, 2.05) is 32.0 Å². The number of nitrogens with one attached hydrogen (secondary N) is 2. The molecule has 0 saturated carbocycles. The number of nitrogens with zero attached hydrogens (tertiary/aromatic N) is 6. The molecule has 0 fully saturated rings. The van der Waals surface area contributed by atoms with Gasteiger partial charge in [0, 0.05) is 23.1 Å². The molecule has 4 aromatic rings. The number of aromatic nitrogens is 4. The molecule has 11 heteroatoms. The van der Waals surface area contributed by atoms with E-state index in [2.05, 4.69) is 48.7 Å². The van der Waals surface area contributed by atoms with Crippen LogP contribution in [0.5, 0.6) is 0 Å². The van der Waals surface area contributed by atoms with Crippen LogP contribution in [0.1, 0.15) is 38.1 Å². The number of azo groups is 1. The first-order valence-corrected chi connectivity index (χ1v) is 9.93. The van der Waals surface area contributed by atoms with Crippen molar-refractivity contribution in [3.05, 3.63) is 29.6 Å². The van der Waals surface area contributed by atoms with Crippen molar-refractivity contribution in [1.82, 2.24) is 19.0 Å². The highest BCUT2D eigenvalue weighted by molar-refractivity contribution is 7.80. The predicted octanol–water partition coefficient (Wildman–Crippen LogP) is 4.93. The summed E-state index contributed by atoms with van der Waals surface area (Å²) in [7, 11) is 0. The van der Waals surface area contributed by atoms with Gasteiger partial charge in [-0.25, -0.2) is 9.50 Å². The molecule has 2 N–H and O–H groups in total. The number of carbonyl (C=O) groups excluding carboxylic acids is 1. The van der Waals surface area contributed by atoms with Gasteiger partial charge in [0.25, 0.3) is 0 Å². The number of benzene rings is 1. The Morgan fingerprint density at radius 2 is 2.21 bits per heavy atom. The Morgan fingerprint density at radius 3 is 2.90 bits per heavy atom. The molecular formula is C18H16N8OS2. The van der Waals surface area contributed by atoms with Crippen molar-refractivity contribution in [2.45, 2.75) is 31.6 Å². The summed E-state index contributed by atoms with van der Waals surface area (Å²) in [6, 6.07) is 7.69. The molecular weight excluding hydrogens is 408 g/mol. The lowest BCUT2D eigenvalue weighted by Gasteiger charge is -2.02. The van der Waals surface area contributed by atoms with E-state index < -0.39 is 0 Å². The second-order valence-corrected chi connectivity index (χ2v) is 7.95. The molecule has 0 aliphatic heterocycles. The topological polar surface area (TPSA) is 124 Å². The second-order valence-electron chi connectivity index (χ2n) is 6.68. The van der Waals surface area contributed by atoms with Crippen molar-refractivity contribution < 1.29 is 4.79 Å². The number of rotatable bonds is 4. The normalized spacial score (nSPS) is 11.7. The van der Waals surface area contributed by atoms with Crippen LogP contribution in [-0.4, -0.2) is 24.9 Å². The standard InChI is InChI=1S/C18H16N8OS2/c1-8(2)15-21-16-12(7-19)14(20-9(3)27)17(26(16)24-15)22-23-18-11-6-10(28)4-5-13(11)25-29-18/h4-6,8,28H,1-3H3,(H,20,27)(H,21,24). The first-order chi connectivity index (χ1) is 13.9. The molecule has 0 aliphatic carbocycles. The van der Waals surface area contributed by atoms with Crippen molar-refractivity contribution in [3.63, 3.8) is 0 Å². The molecule has 0 spiro atoms. The minimum atomic E-state index is -0.321. The van der Waals surface area contributed by atoms with Gasteiger partial charge in [-0.1, -0.05) is 13.8 Å². The number of carbonyl (C=O) groups is 1. The van der Waals surface area contributed by atoms with Gasteiger partial charge in [0.05, 0.1) is 5.52 Å². The predicted molar refractivity (Wildman–Crippen MR) is 114 cm³/mol. The SMILES string of the molecule is CC(=O)Nc1c(C#N)c2nc(C(C)C)[nH]n2c1N=Nc1snc2ccc(S)cc12. The Morgan fingerprint density at radius 1 is 1.41 bits per heavy atom. The van der Waals surface area contributed by atoms with E-state index in [1.165, 1.54) is 18.5 Å². The third-order valence-corrected chi connectivity index (χ3v) is 5.25. The molecule has 0 bridgehead atoms. The summed E-state index contributed by atoms with van der Waals surface area (Å²) in [6.07, 6.45) is 0. The van der Waals surface area contributed by atoms with E-state index >= 15 is 0 Å². The number of nitriles is 1. The minimum absolute atomic E-state index is 0.120. The zero-order chi connectivity index (χ0) is 20.7. The smallest absolute Gasteiger partial charge is 0.221 e. The average Bonchev–Trinajstić information content (AvgIpc) is 3.32. The number of H-pyrrole nitrogens is 1. The molecule has 0 radical (unpaired) electrons. The van der Waals surface area contributed by atoms with Gasteiger partial charge in [0.1, 0.15) is 23.1 Å². The summed E-state index contributed by atoms with van der Waals surface area (Å²) in [5.41, 5.74) is 1.68. The quantitative estimate of drug-likeness (QED) is 0.317. The Bertz CT molecular complexity index is 1320. The van der Waals surface area contributed by atoms with E-state index in [1.54, 1.807) is 4.52 Å². The lowest BCUT2D eigenvalue weighted by atomic mass is 10.2. The summed E-state index contributed by atoms with van der Waals surface area (Å²) in [5, 5.41) is 25.6. The van der Waals surface area contributed by atoms with Crippen LogP contribution < -0.4 is 5.32 Å². The molecule has 9 nitrogen and oxygen atoms in total. The molecule has 146 valence electrons. The molecule has 0 atom stereocenters. The summed E-state index contributed by atoms with van der Waals surface area (Å²) in [4.78, 5) is 17.0. The summed E-state index contributed by atoms with van der Waals surface area (Å²) in [6.45, 7) is 5.34. The van der Waals surface area contributed by atoms with Gasteiger partial charge in [0.2, 0.25) is 11.7 Å². The van der Waals surface area contributed by atoms with Gasteiger partial charge in [-0.2, -0.15) is 9.64 Å². The number of amides is 1. The number of hydrogen-bond acceptors (Lipinski definition) is 8. The number of anilines is 1. The first kappa shape index (κ1) is 19.1. The van der Waals surface area contributed by atoms with Gasteiger partial charge in [-0.15, -0.1) is 22.9 Å². The number of aromatic amines is 1. The van der Waals surface area contributed by atoms with Crippen LogP contribution in [0, 0.1) is 11.3 Å². The van der Waals surface area contributed by atoms with Crippen LogP contribution in [0.4, 0.5) is 16.5 Å². The van der Waals surface area contributed by atoms with Crippen molar-refractivity contribution in [2.24, 2.45) is 10.2 Å². The zero-order valence-electron chi connectivity index (χ0n) is 15.8. The first-order valence-electron chi connectivity index (χ1n) is 8.71. The summed E-state index contributed by atoms with van der Waals surface area (Å²) < 4.78 is 5.92. The Labute approximate surface area is 175 Å². The van der Waals surface area contributed by atoms with E-state index in [-0.39, 0.29) is 28.9 Å². The van der Waals surface area contributed by atoms with Crippen molar-refractivity contribution in [1.29, 1.82) is 5.26 Å². The maximum Gasteiger partial charge on any atom is 0.221 e. The molecule has 29 heavy (non-hydrogen) atoms. The van der Waals surface area contributed by atoms with Crippen LogP contribution in [-0.2, 0) is 4.79 Å². The molecule has 0 saturated heterocycles. The Hall–Kier alpha value is -3.23. The third-order valence-electron chi connectivity index (χ3n) is 4.21. The van der Waals surface area contributed by atoms with E-state index in [0.717, 1.165) is 15.8 Å². The van der Waals surface area contributed by atoms with Gasteiger partial charge in [-0.3, -0.25) is 9.89 Å². The van der Waals surface area contributed by atoms with Crippen LogP contribution in [0.15, 0.2) is 33.3 Å². The number of hydrogen-bond donors (Lipinski definition) is 3. The fourth-order valence-corrected chi connectivity index (χ4v) is 3.73. The fraction of sp³-hybridized carbons (Fsp3) is 0.222.